The van der Waals surface area contributed by atoms with Gasteiger partial charge in [0.15, 0.2) is 0 Å². The van der Waals surface area contributed by atoms with Crippen molar-refractivity contribution in [3.63, 3.8) is 0 Å². The maximum absolute atomic E-state index is 13.1. The number of pyridine rings is 1. The van der Waals surface area contributed by atoms with Crippen molar-refractivity contribution in [1.29, 1.82) is 0 Å². The van der Waals surface area contributed by atoms with Crippen molar-refractivity contribution >= 4 is 11.7 Å². The third-order valence-electron chi connectivity index (χ3n) is 4.31. The number of halogens is 1. The van der Waals surface area contributed by atoms with Crippen LogP contribution in [0.1, 0.15) is 12.8 Å². The third-order valence-corrected chi connectivity index (χ3v) is 4.31. The van der Waals surface area contributed by atoms with Gasteiger partial charge < -0.3 is 24.4 Å². The summed E-state index contributed by atoms with van der Waals surface area (Å²) < 4.78 is 29.3. The second kappa shape index (κ2) is 8.57. The molecule has 7 nitrogen and oxygen atoms in total. The quantitative estimate of drug-likeness (QED) is 0.812. The van der Waals surface area contributed by atoms with Crippen LogP contribution in [-0.2, 0) is 0 Å². The van der Waals surface area contributed by atoms with Crippen molar-refractivity contribution in [2.45, 2.75) is 18.9 Å². The molecule has 27 heavy (non-hydrogen) atoms. The topological polar surface area (TPSA) is 72.9 Å². The number of rotatable bonds is 5. The number of hydrogen-bond acceptors (Lipinski definition) is 5. The fourth-order valence-electron chi connectivity index (χ4n) is 2.88. The molecule has 1 saturated heterocycles. The fourth-order valence-corrected chi connectivity index (χ4v) is 2.88. The predicted octanol–water partition coefficient (Wildman–Crippen LogP) is 3.31. The smallest absolute Gasteiger partial charge is 0.321 e. The summed E-state index contributed by atoms with van der Waals surface area (Å²) in [6.07, 6.45) is 1.19. The minimum absolute atomic E-state index is 0.0970. The third kappa shape index (κ3) is 4.99. The lowest BCUT2D eigenvalue weighted by atomic mass is 10.1. The van der Waals surface area contributed by atoms with Gasteiger partial charge in [0.2, 0.25) is 11.8 Å². The monoisotopic (exact) mass is 375 g/mol. The Morgan fingerprint density at radius 3 is 2.41 bits per heavy atom. The lowest BCUT2D eigenvalue weighted by molar-refractivity contribution is 0.111. The molecule has 1 aliphatic rings. The zero-order valence-electron chi connectivity index (χ0n) is 15.3. The van der Waals surface area contributed by atoms with Crippen LogP contribution in [0.25, 0.3) is 0 Å². The highest BCUT2D eigenvalue weighted by atomic mass is 19.1. The van der Waals surface area contributed by atoms with Crippen molar-refractivity contribution in [2.75, 3.05) is 32.6 Å². The van der Waals surface area contributed by atoms with E-state index in [1.165, 1.54) is 6.07 Å². The molecule has 0 atom stereocenters. The highest BCUT2D eigenvalue weighted by Gasteiger charge is 2.24. The summed E-state index contributed by atoms with van der Waals surface area (Å²) in [4.78, 5) is 17.9. The second-order valence-corrected chi connectivity index (χ2v) is 6.13. The average molecular weight is 375 g/mol. The summed E-state index contributed by atoms with van der Waals surface area (Å²) in [7, 11) is 3.11. The van der Waals surface area contributed by atoms with Crippen LogP contribution < -0.4 is 19.5 Å². The molecule has 1 aliphatic heterocycles. The van der Waals surface area contributed by atoms with E-state index in [1.54, 1.807) is 49.5 Å². The summed E-state index contributed by atoms with van der Waals surface area (Å²) in [5.41, 5.74) is 0.596. The molecule has 8 heteroatoms. The number of piperidine rings is 1. The first kappa shape index (κ1) is 18.8. The van der Waals surface area contributed by atoms with Crippen LogP contribution in [0.2, 0.25) is 0 Å². The van der Waals surface area contributed by atoms with Gasteiger partial charge in [-0.1, -0.05) is 6.07 Å². The molecule has 0 radical (unpaired) electrons. The zero-order valence-corrected chi connectivity index (χ0v) is 15.3. The summed E-state index contributed by atoms with van der Waals surface area (Å²) in [6.45, 7) is 1.07. The van der Waals surface area contributed by atoms with Crippen LogP contribution in [0.3, 0.4) is 0 Å². The first-order valence-electron chi connectivity index (χ1n) is 8.65. The molecule has 0 bridgehead atoms. The zero-order chi connectivity index (χ0) is 19.2. The minimum atomic E-state index is -0.571. The Labute approximate surface area is 157 Å². The van der Waals surface area contributed by atoms with Gasteiger partial charge in [-0.25, -0.2) is 4.79 Å². The van der Waals surface area contributed by atoms with Gasteiger partial charge >= 0.3 is 6.03 Å². The van der Waals surface area contributed by atoms with Crippen LogP contribution in [0, 0.1) is 5.95 Å². The maximum Gasteiger partial charge on any atom is 0.321 e. The van der Waals surface area contributed by atoms with Crippen molar-refractivity contribution in [1.82, 2.24) is 9.88 Å². The molecule has 1 fully saturated rings. The summed E-state index contributed by atoms with van der Waals surface area (Å²) in [6, 6.07) is 9.44. The summed E-state index contributed by atoms with van der Waals surface area (Å²) >= 11 is 0. The van der Waals surface area contributed by atoms with E-state index in [0.29, 0.717) is 43.1 Å². The van der Waals surface area contributed by atoms with E-state index in [0.717, 1.165) is 0 Å². The number of benzene rings is 1. The summed E-state index contributed by atoms with van der Waals surface area (Å²) in [5.74, 6) is 0.887. The molecule has 2 heterocycles. The van der Waals surface area contributed by atoms with Gasteiger partial charge in [-0.05, 0) is 6.07 Å². The Bertz CT molecular complexity index is 772. The number of nitrogens with zero attached hydrogens (tertiary/aromatic N) is 2. The first-order chi connectivity index (χ1) is 13.1. The number of likely N-dealkylation sites (tertiary alicyclic amines) is 1. The molecule has 1 aromatic heterocycles. The lowest BCUT2D eigenvalue weighted by Gasteiger charge is -2.32. The predicted molar refractivity (Wildman–Crippen MR) is 98.0 cm³/mol. The van der Waals surface area contributed by atoms with E-state index in [1.807, 2.05) is 0 Å². The van der Waals surface area contributed by atoms with Crippen molar-refractivity contribution in [3.05, 3.63) is 42.3 Å². The SMILES string of the molecule is COc1cc(NC(=O)N2CCC(Oc3cccc(F)n3)CC2)cc(OC)c1. The number of carbonyl (C=O) groups excluding carboxylic acids is 1. The van der Waals surface area contributed by atoms with E-state index < -0.39 is 5.95 Å². The van der Waals surface area contributed by atoms with Gasteiger partial charge in [0, 0.05) is 55.9 Å². The van der Waals surface area contributed by atoms with E-state index in [9.17, 15) is 9.18 Å². The molecule has 0 spiro atoms. The Morgan fingerprint density at radius 2 is 1.81 bits per heavy atom. The number of nitrogens with one attached hydrogen (secondary N) is 1. The Kier molecular flexibility index (Phi) is 5.95. The fraction of sp³-hybridized carbons (Fsp3) is 0.368. The molecule has 3 rings (SSSR count). The lowest BCUT2D eigenvalue weighted by Crippen LogP contribution is -2.43. The number of urea groups is 1. The second-order valence-electron chi connectivity index (χ2n) is 6.13. The summed E-state index contributed by atoms with van der Waals surface area (Å²) in [5, 5.41) is 2.86. The van der Waals surface area contributed by atoms with Crippen molar-refractivity contribution < 1.29 is 23.4 Å². The first-order valence-corrected chi connectivity index (χ1v) is 8.65. The molecule has 2 amide bonds. The van der Waals surface area contributed by atoms with E-state index in [-0.39, 0.29) is 18.0 Å². The highest BCUT2D eigenvalue weighted by molar-refractivity contribution is 5.89. The van der Waals surface area contributed by atoms with Crippen LogP contribution >= 0.6 is 0 Å². The molecule has 2 aromatic rings. The number of anilines is 1. The van der Waals surface area contributed by atoms with Crippen molar-refractivity contribution in [2.24, 2.45) is 0 Å². The molecule has 1 N–H and O–H groups in total. The maximum atomic E-state index is 13.1. The largest absolute Gasteiger partial charge is 0.497 e. The van der Waals surface area contributed by atoms with Gasteiger partial charge in [-0.15, -0.1) is 0 Å². The number of amides is 2. The van der Waals surface area contributed by atoms with E-state index in [4.69, 9.17) is 14.2 Å². The van der Waals surface area contributed by atoms with Gasteiger partial charge in [0.1, 0.15) is 17.6 Å². The standard InChI is InChI=1S/C19H22FN3O4/c1-25-15-10-13(11-16(12-15)26-2)21-19(24)23-8-6-14(7-9-23)27-18-5-3-4-17(20)22-18/h3-5,10-12,14H,6-9H2,1-2H3,(H,21,24). The Balaban J connectivity index is 1.54. The molecule has 0 saturated carbocycles. The molecular formula is C19H22FN3O4. The number of carbonyl (C=O) groups is 1. The van der Waals surface area contributed by atoms with E-state index >= 15 is 0 Å². The molecule has 1 aromatic carbocycles. The highest BCUT2D eigenvalue weighted by Crippen LogP contribution is 2.26. The van der Waals surface area contributed by atoms with Crippen LogP contribution in [0.15, 0.2) is 36.4 Å². The average Bonchev–Trinajstić information content (AvgIpc) is 2.68. The van der Waals surface area contributed by atoms with Crippen LogP contribution in [0.5, 0.6) is 17.4 Å². The molecular weight excluding hydrogens is 353 g/mol. The van der Waals surface area contributed by atoms with Crippen LogP contribution in [-0.4, -0.2) is 49.3 Å². The molecule has 0 unspecified atom stereocenters. The number of methoxy groups -OCH3 is 2. The number of hydrogen-bond donors (Lipinski definition) is 1. The number of ether oxygens (including phenoxy) is 3. The van der Waals surface area contributed by atoms with Gasteiger partial charge in [-0.3, -0.25) is 0 Å². The van der Waals surface area contributed by atoms with Gasteiger partial charge in [0.25, 0.3) is 0 Å². The van der Waals surface area contributed by atoms with Crippen molar-refractivity contribution in [3.8, 4) is 17.4 Å². The number of aromatic nitrogens is 1. The Morgan fingerprint density at radius 1 is 1.15 bits per heavy atom. The Hall–Kier alpha value is -3.03. The van der Waals surface area contributed by atoms with Gasteiger partial charge in [-0.2, -0.15) is 9.37 Å². The van der Waals surface area contributed by atoms with E-state index in [2.05, 4.69) is 10.3 Å². The molecule has 0 aliphatic carbocycles. The normalized spacial score (nSPS) is 14.6. The molecule has 144 valence electrons. The van der Waals surface area contributed by atoms with Crippen LogP contribution in [0.4, 0.5) is 14.9 Å². The minimum Gasteiger partial charge on any atom is -0.497 e. The van der Waals surface area contributed by atoms with Gasteiger partial charge in [0.05, 0.1) is 14.2 Å².